The van der Waals surface area contributed by atoms with E-state index in [9.17, 15) is 9.59 Å². The molecule has 1 aliphatic heterocycles. The summed E-state index contributed by atoms with van der Waals surface area (Å²) >= 11 is 0. The van der Waals surface area contributed by atoms with Gasteiger partial charge in [0.15, 0.2) is 0 Å². The van der Waals surface area contributed by atoms with E-state index in [-0.39, 0.29) is 17.9 Å². The van der Waals surface area contributed by atoms with Gasteiger partial charge < -0.3 is 10.2 Å². The smallest absolute Gasteiger partial charge is 0.248 e. The van der Waals surface area contributed by atoms with Crippen LogP contribution in [-0.2, 0) is 9.59 Å². The van der Waals surface area contributed by atoms with E-state index in [4.69, 9.17) is 0 Å². The summed E-state index contributed by atoms with van der Waals surface area (Å²) in [6.07, 6.45) is 9.57. The number of hydrogen-bond acceptors (Lipinski definition) is 2. The molecule has 1 atom stereocenters. The van der Waals surface area contributed by atoms with E-state index in [0.717, 1.165) is 38.5 Å². The standard InChI is InChI=1S/C15H24N2O2/c1-17-12(11-7-3-2-4-8-11)13(18)16-15(14(17)19)9-5-6-10-15/h11-12H,2-10H2,1H3,(H,16,18). The number of carbonyl (C=O) groups is 2. The predicted molar refractivity (Wildman–Crippen MR) is 72.5 cm³/mol. The molecule has 0 aromatic rings. The Morgan fingerprint density at radius 2 is 1.68 bits per heavy atom. The lowest BCUT2D eigenvalue weighted by molar-refractivity contribution is -0.155. The molecule has 3 fully saturated rings. The van der Waals surface area contributed by atoms with Crippen LogP contribution in [0, 0.1) is 5.92 Å². The van der Waals surface area contributed by atoms with E-state index in [2.05, 4.69) is 5.32 Å². The number of hydrogen-bond donors (Lipinski definition) is 1. The minimum Gasteiger partial charge on any atom is -0.340 e. The van der Waals surface area contributed by atoms with Crippen molar-refractivity contribution in [3.63, 3.8) is 0 Å². The summed E-state index contributed by atoms with van der Waals surface area (Å²) in [5, 5.41) is 3.09. The summed E-state index contributed by atoms with van der Waals surface area (Å²) in [4.78, 5) is 26.9. The monoisotopic (exact) mass is 264 g/mol. The summed E-state index contributed by atoms with van der Waals surface area (Å²) < 4.78 is 0. The van der Waals surface area contributed by atoms with Crippen molar-refractivity contribution < 1.29 is 9.59 Å². The summed E-state index contributed by atoms with van der Waals surface area (Å²) in [6, 6.07) is -0.223. The first-order valence-electron chi connectivity index (χ1n) is 7.73. The third-order valence-corrected chi connectivity index (χ3v) is 5.33. The van der Waals surface area contributed by atoms with E-state index in [1.165, 1.54) is 19.3 Å². The Kier molecular flexibility index (Phi) is 3.27. The van der Waals surface area contributed by atoms with Crippen molar-refractivity contribution in [1.29, 1.82) is 0 Å². The van der Waals surface area contributed by atoms with Crippen molar-refractivity contribution in [2.24, 2.45) is 5.92 Å². The van der Waals surface area contributed by atoms with Crippen LogP contribution in [0.1, 0.15) is 57.8 Å². The van der Waals surface area contributed by atoms with Gasteiger partial charge in [-0.1, -0.05) is 32.1 Å². The maximum Gasteiger partial charge on any atom is 0.248 e. The van der Waals surface area contributed by atoms with Gasteiger partial charge in [0.2, 0.25) is 11.8 Å². The second kappa shape index (κ2) is 4.80. The fourth-order valence-corrected chi connectivity index (χ4v) is 4.30. The Balaban J connectivity index is 1.80. The highest BCUT2D eigenvalue weighted by Crippen LogP contribution is 2.37. The molecule has 106 valence electrons. The molecule has 0 radical (unpaired) electrons. The van der Waals surface area contributed by atoms with Crippen LogP contribution in [0.5, 0.6) is 0 Å². The van der Waals surface area contributed by atoms with Crippen LogP contribution in [0.15, 0.2) is 0 Å². The van der Waals surface area contributed by atoms with Crippen molar-refractivity contribution in [3.05, 3.63) is 0 Å². The SMILES string of the molecule is CN1C(=O)C2(CCCC2)NC(=O)C1C1CCCCC1. The number of nitrogens with one attached hydrogen (secondary N) is 1. The molecule has 0 aromatic heterocycles. The van der Waals surface area contributed by atoms with E-state index >= 15 is 0 Å². The second-order valence-corrected chi connectivity index (χ2v) is 6.54. The van der Waals surface area contributed by atoms with Gasteiger partial charge in [-0.15, -0.1) is 0 Å². The average molecular weight is 264 g/mol. The minimum atomic E-state index is -0.559. The predicted octanol–water partition coefficient (Wildman–Crippen LogP) is 1.84. The highest BCUT2D eigenvalue weighted by atomic mass is 16.2. The van der Waals surface area contributed by atoms with E-state index in [1.54, 1.807) is 4.90 Å². The number of carbonyl (C=O) groups excluding carboxylic acids is 2. The Hall–Kier alpha value is -1.06. The summed E-state index contributed by atoms with van der Waals surface area (Å²) in [6.45, 7) is 0. The molecular weight excluding hydrogens is 240 g/mol. The van der Waals surface area contributed by atoms with Gasteiger partial charge in [-0.05, 0) is 31.6 Å². The largest absolute Gasteiger partial charge is 0.340 e. The number of rotatable bonds is 1. The maximum absolute atomic E-state index is 12.7. The van der Waals surface area contributed by atoms with Crippen LogP contribution >= 0.6 is 0 Å². The first-order chi connectivity index (χ1) is 9.14. The topological polar surface area (TPSA) is 49.4 Å². The highest BCUT2D eigenvalue weighted by molar-refractivity contribution is 6.00. The second-order valence-electron chi connectivity index (χ2n) is 6.54. The lowest BCUT2D eigenvalue weighted by Gasteiger charge is -2.46. The summed E-state index contributed by atoms with van der Waals surface area (Å²) in [5.41, 5.74) is -0.559. The van der Waals surface area contributed by atoms with Crippen molar-refractivity contribution in [2.45, 2.75) is 69.4 Å². The van der Waals surface area contributed by atoms with Crippen LogP contribution < -0.4 is 5.32 Å². The lowest BCUT2D eigenvalue weighted by atomic mass is 9.80. The zero-order chi connectivity index (χ0) is 13.5. The molecule has 4 nitrogen and oxygen atoms in total. The average Bonchev–Trinajstić information content (AvgIpc) is 2.87. The fourth-order valence-electron chi connectivity index (χ4n) is 4.30. The lowest BCUT2D eigenvalue weighted by Crippen LogP contribution is -2.70. The van der Waals surface area contributed by atoms with Gasteiger partial charge in [0.25, 0.3) is 0 Å². The van der Waals surface area contributed by atoms with Crippen LogP contribution in [0.25, 0.3) is 0 Å². The molecule has 2 amide bonds. The third-order valence-electron chi connectivity index (χ3n) is 5.33. The first-order valence-corrected chi connectivity index (χ1v) is 7.73. The quantitative estimate of drug-likeness (QED) is 0.785. The summed E-state index contributed by atoms with van der Waals surface area (Å²) in [5.74, 6) is 0.609. The molecule has 1 N–H and O–H groups in total. The molecule has 3 rings (SSSR count). The molecule has 0 bridgehead atoms. The molecule has 2 aliphatic carbocycles. The molecule has 1 saturated heterocycles. The van der Waals surface area contributed by atoms with Gasteiger partial charge in [0.05, 0.1) is 0 Å². The molecule has 1 spiro atoms. The Bertz CT molecular complexity index is 382. The number of nitrogens with zero attached hydrogens (tertiary/aromatic N) is 1. The Labute approximate surface area is 114 Å². The van der Waals surface area contributed by atoms with Crippen LogP contribution in [0.3, 0.4) is 0 Å². The first kappa shape index (κ1) is 12.9. The molecule has 1 unspecified atom stereocenters. The van der Waals surface area contributed by atoms with Crippen LogP contribution in [0.2, 0.25) is 0 Å². The molecule has 0 aromatic carbocycles. The third kappa shape index (κ3) is 2.05. The number of piperazine rings is 1. The zero-order valence-electron chi connectivity index (χ0n) is 11.8. The Morgan fingerprint density at radius 1 is 1.05 bits per heavy atom. The molecule has 3 aliphatic rings. The van der Waals surface area contributed by atoms with Gasteiger partial charge >= 0.3 is 0 Å². The van der Waals surface area contributed by atoms with Crippen molar-refractivity contribution >= 4 is 11.8 Å². The maximum atomic E-state index is 12.7. The van der Waals surface area contributed by atoms with E-state index < -0.39 is 5.54 Å². The van der Waals surface area contributed by atoms with Crippen molar-refractivity contribution in [1.82, 2.24) is 10.2 Å². The highest BCUT2D eigenvalue weighted by Gasteiger charge is 2.52. The van der Waals surface area contributed by atoms with Gasteiger partial charge in [0, 0.05) is 7.05 Å². The normalized spacial score (nSPS) is 31.8. The molecular formula is C15H24N2O2. The summed E-state index contributed by atoms with van der Waals surface area (Å²) in [7, 11) is 1.83. The Morgan fingerprint density at radius 3 is 2.32 bits per heavy atom. The van der Waals surface area contributed by atoms with Crippen LogP contribution in [-0.4, -0.2) is 35.3 Å². The van der Waals surface area contributed by atoms with Gasteiger partial charge in [-0.2, -0.15) is 0 Å². The molecule has 19 heavy (non-hydrogen) atoms. The van der Waals surface area contributed by atoms with Crippen LogP contribution in [0.4, 0.5) is 0 Å². The molecule has 2 saturated carbocycles. The zero-order valence-corrected chi connectivity index (χ0v) is 11.8. The van der Waals surface area contributed by atoms with Gasteiger partial charge in [-0.25, -0.2) is 0 Å². The van der Waals surface area contributed by atoms with Crippen molar-refractivity contribution in [3.8, 4) is 0 Å². The number of likely N-dealkylation sites (N-methyl/N-ethyl adjacent to an activating group) is 1. The van der Waals surface area contributed by atoms with Gasteiger partial charge in [0.1, 0.15) is 11.6 Å². The fraction of sp³-hybridized carbons (Fsp3) is 0.867. The molecule has 1 heterocycles. The molecule has 4 heteroatoms. The van der Waals surface area contributed by atoms with E-state index in [1.807, 2.05) is 7.05 Å². The van der Waals surface area contributed by atoms with E-state index in [0.29, 0.717) is 5.92 Å². The van der Waals surface area contributed by atoms with Crippen molar-refractivity contribution in [2.75, 3.05) is 7.05 Å². The minimum absolute atomic E-state index is 0.0934. The van der Waals surface area contributed by atoms with Gasteiger partial charge in [-0.3, -0.25) is 9.59 Å². The number of amides is 2.